The Hall–Kier alpha value is -2.50. The first kappa shape index (κ1) is 22.8. The summed E-state index contributed by atoms with van der Waals surface area (Å²) in [5.74, 6) is 0.962. The lowest BCUT2D eigenvalue weighted by atomic mass is 10.1. The molecule has 2 aromatic rings. The second-order valence-electron chi connectivity index (χ2n) is 6.54. The van der Waals surface area contributed by atoms with E-state index in [1.807, 2.05) is 24.3 Å². The largest absolute Gasteiger partial charge is 0.493 e. The zero-order valence-corrected chi connectivity index (χ0v) is 17.2. The van der Waals surface area contributed by atoms with Crippen molar-refractivity contribution in [3.05, 3.63) is 82.4 Å². The van der Waals surface area contributed by atoms with Gasteiger partial charge in [-0.25, -0.2) is 0 Å². The molecule has 0 aliphatic heterocycles. The van der Waals surface area contributed by atoms with Crippen molar-refractivity contribution in [1.82, 2.24) is 0 Å². The lowest BCUT2D eigenvalue weighted by molar-refractivity contribution is 0.257. The van der Waals surface area contributed by atoms with Crippen LogP contribution in [0.4, 0.5) is 0 Å². The van der Waals surface area contributed by atoms with Gasteiger partial charge in [0, 0.05) is 11.1 Å². The molecule has 1 unspecified atom stereocenters. The smallest absolute Gasteiger partial charge is 0.227 e. The van der Waals surface area contributed by atoms with Crippen molar-refractivity contribution >= 4 is 11.6 Å². The average Bonchev–Trinajstić information content (AvgIpc) is 2.71. The summed E-state index contributed by atoms with van der Waals surface area (Å²) in [4.78, 5) is 12.1. The molecule has 5 nitrogen and oxygen atoms in total. The lowest BCUT2D eigenvalue weighted by Gasteiger charge is -2.11. The summed E-state index contributed by atoms with van der Waals surface area (Å²) in [5, 5.41) is 9.91. The van der Waals surface area contributed by atoms with E-state index in [-0.39, 0.29) is 17.8 Å². The molecule has 29 heavy (non-hydrogen) atoms. The number of ether oxygens (including phenoxy) is 2. The quantitative estimate of drug-likeness (QED) is 0.369. The molecule has 0 radical (unpaired) electrons. The Morgan fingerprint density at radius 2 is 1.83 bits per heavy atom. The number of aliphatic hydroxyl groups is 1. The molecule has 1 N–H and O–H groups in total. The van der Waals surface area contributed by atoms with Crippen LogP contribution in [0, 0.1) is 0 Å². The molecule has 1 atom stereocenters. The summed E-state index contributed by atoms with van der Waals surface area (Å²) in [7, 11) is 0. The minimum atomic E-state index is -0.399. The van der Waals surface area contributed by atoms with Crippen LogP contribution in [0.3, 0.4) is 0 Å². The van der Waals surface area contributed by atoms with Gasteiger partial charge in [-0.3, -0.25) is 4.79 Å². The summed E-state index contributed by atoms with van der Waals surface area (Å²) < 4.78 is 16.7. The summed E-state index contributed by atoms with van der Waals surface area (Å²) in [6.45, 7) is 8.20. The number of hydrogen-bond acceptors (Lipinski definition) is 5. The van der Waals surface area contributed by atoms with Crippen molar-refractivity contribution in [3.8, 4) is 11.5 Å². The van der Waals surface area contributed by atoms with Gasteiger partial charge in [-0.05, 0) is 49.4 Å². The SMILES string of the molecule is C=CCc1cc(Cl)ccc1OCCCCCOc1coc(C(C=C)CO)cc1=O. The maximum absolute atomic E-state index is 12.1. The predicted molar refractivity (Wildman–Crippen MR) is 115 cm³/mol. The zero-order valence-electron chi connectivity index (χ0n) is 16.4. The van der Waals surface area contributed by atoms with Gasteiger partial charge in [0.2, 0.25) is 11.2 Å². The molecule has 1 aromatic carbocycles. The number of aliphatic hydroxyl groups excluding tert-OH is 1. The highest BCUT2D eigenvalue weighted by atomic mass is 35.5. The third-order valence-corrected chi connectivity index (χ3v) is 4.59. The van der Waals surface area contributed by atoms with Crippen molar-refractivity contribution in [2.45, 2.75) is 31.6 Å². The second kappa shape index (κ2) is 12.1. The fraction of sp³-hybridized carbons (Fsp3) is 0.348. The fourth-order valence-electron chi connectivity index (χ4n) is 2.74. The first-order valence-corrected chi connectivity index (χ1v) is 9.98. The van der Waals surface area contributed by atoms with Crippen LogP contribution >= 0.6 is 11.6 Å². The number of rotatable bonds is 13. The molecular weight excluding hydrogens is 392 g/mol. The van der Waals surface area contributed by atoms with Gasteiger partial charge in [-0.1, -0.05) is 23.8 Å². The van der Waals surface area contributed by atoms with E-state index in [2.05, 4.69) is 13.2 Å². The number of allylic oxidation sites excluding steroid dienone is 1. The Morgan fingerprint density at radius 1 is 1.10 bits per heavy atom. The van der Waals surface area contributed by atoms with Gasteiger partial charge in [-0.2, -0.15) is 0 Å². The van der Waals surface area contributed by atoms with Crippen LogP contribution in [0.25, 0.3) is 0 Å². The number of benzene rings is 1. The third-order valence-electron chi connectivity index (χ3n) is 4.36. The molecule has 1 aromatic heterocycles. The maximum atomic E-state index is 12.1. The molecule has 0 aliphatic rings. The van der Waals surface area contributed by atoms with Gasteiger partial charge >= 0.3 is 0 Å². The Labute approximate surface area is 176 Å². The van der Waals surface area contributed by atoms with Crippen LogP contribution in [-0.2, 0) is 6.42 Å². The molecule has 0 saturated heterocycles. The second-order valence-corrected chi connectivity index (χ2v) is 6.97. The fourth-order valence-corrected chi connectivity index (χ4v) is 2.94. The summed E-state index contributed by atoms with van der Waals surface area (Å²) in [6, 6.07) is 6.91. The van der Waals surface area contributed by atoms with Crippen LogP contribution in [0.15, 0.2) is 65.1 Å². The molecule has 0 fully saturated rings. The van der Waals surface area contributed by atoms with Crippen LogP contribution in [0.5, 0.6) is 11.5 Å². The van der Waals surface area contributed by atoms with E-state index in [4.69, 9.17) is 25.5 Å². The molecule has 0 saturated carbocycles. The molecule has 1 heterocycles. The molecule has 0 spiro atoms. The highest BCUT2D eigenvalue weighted by molar-refractivity contribution is 6.30. The molecular formula is C23H27ClO5. The Kier molecular flexibility index (Phi) is 9.54. The van der Waals surface area contributed by atoms with Crippen LogP contribution < -0.4 is 14.9 Å². The number of unbranched alkanes of at least 4 members (excludes halogenated alkanes) is 2. The minimum Gasteiger partial charge on any atom is -0.493 e. The van der Waals surface area contributed by atoms with E-state index < -0.39 is 5.92 Å². The molecule has 0 amide bonds. The molecule has 6 heteroatoms. The van der Waals surface area contributed by atoms with Crippen LogP contribution in [-0.4, -0.2) is 24.9 Å². The van der Waals surface area contributed by atoms with Crippen molar-refractivity contribution in [3.63, 3.8) is 0 Å². The van der Waals surface area contributed by atoms with Gasteiger partial charge in [0.25, 0.3) is 0 Å². The van der Waals surface area contributed by atoms with Crippen LogP contribution in [0.2, 0.25) is 5.02 Å². The van der Waals surface area contributed by atoms with Crippen molar-refractivity contribution in [2.24, 2.45) is 0 Å². The topological polar surface area (TPSA) is 68.9 Å². The van der Waals surface area contributed by atoms with Gasteiger partial charge in [0.15, 0.2) is 0 Å². The number of hydrogen-bond donors (Lipinski definition) is 1. The molecule has 2 rings (SSSR count). The van der Waals surface area contributed by atoms with Gasteiger partial charge in [0.1, 0.15) is 17.8 Å². The summed E-state index contributed by atoms with van der Waals surface area (Å²) in [6.07, 6.45) is 7.90. The Bertz CT molecular complexity index is 859. The lowest BCUT2D eigenvalue weighted by Crippen LogP contribution is -2.11. The summed E-state index contributed by atoms with van der Waals surface area (Å²) >= 11 is 6.02. The average molecular weight is 419 g/mol. The standard InChI is InChI=1S/C23H27ClO5/c1-3-8-18-13-19(24)9-10-21(18)27-11-6-5-7-12-28-23-16-29-22(14-20(23)26)17(4-2)15-25/h3-4,9-10,13-14,16-17,25H,1-2,5-8,11-12,15H2. The highest BCUT2D eigenvalue weighted by Gasteiger charge is 2.12. The zero-order chi connectivity index (χ0) is 21.1. The highest BCUT2D eigenvalue weighted by Crippen LogP contribution is 2.24. The first-order chi connectivity index (χ1) is 14.1. The van der Waals surface area contributed by atoms with Crippen molar-refractivity contribution < 1.29 is 19.0 Å². The molecule has 0 bridgehead atoms. The Balaban J connectivity index is 1.71. The predicted octanol–water partition coefficient (Wildman–Crippen LogP) is 4.91. The monoisotopic (exact) mass is 418 g/mol. The van der Waals surface area contributed by atoms with E-state index in [1.54, 1.807) is 0 Å². The third kappa shape index (κ3) is 7.11. The van der Waals surface area contributed by atoms with E-state index in [0.29, 0.717) is 30.4 Å². The van der Waals surface area contributed by atoms with Crippen LogP contribution in [0.1, 0.15) is 36.5 Å². The van der Waals surface area contributed by atoms with E-state index in [9.17, 15) is 9.90 Å². The molecule has 0 aliphatic carbocycles. The Morgan fingerprint density at radius 3 is 2.45 bits per heavy atom. The van der Waals surface area contributed by atoms with Gasteiger partial charge in [0.05, 0.1) is 25.7 Å². The van der Waals surface area contributed by atoms with Gasteiger partial charge < -0.3 is 19.0 Å². The first-order valence-electron chi connectivity index (χ1n) is 9.60. The normalized spacial score (nSPS) is 11.7. The van der Waals surface area contributed by atoms with E-state index in [0.717, 1.165) is 30.6 Å². The van der Waals surface area contributed by atoms with Gasteiger partial charge in [-0.15, -0.1) is 13.2 Å². The molecule has 156 valence electrons. The minimum absolute atomic E-state index is 0.167. The maximum Gasteiger partial charge on any atom is 0.227 e. The summed E-state index contributed by atoms with van der Waals surface area (Å²) in [5.41, 5.74) is 0.748. The number of halogens is 1. The van der Waals surface area contributed by atoms with Crippen molar-refractivity contribution in [1.29, 1.82) is 0 Å². The van der Waals surface area contributed by atoms with E-state index >= 15 is 0 Å². The van der Waals surface area contributed by atoms with E-state index in [1.165, 1.54) is 18.4 Å². The van der Waals surface area contributed by atoms with Crippen molar-refractivity contribution in [2.75, 3.05) is 19.8 Å².